The molecule has 0 aliphatic carbocycles. The van der Waals surface area contributed by atoms with Gasteiger partial charge in [0.25, 0.3) is 0 Å². The lowest BCUT2D eigenvalue weighted by Crippen LogP contribution is -2.07. The van der Waals surface area contributed by atoms with Crippen molar-refractivity contribution < 1.29 is 13.5 Å². The summed E-state index contributed by atoms with van der Waals surface area (Å²) in [6, 6.07) is 6.59. The second-order valence-corrected chi connectivity index (χ2v) is 6.79. The first-order valence-electron chi connectivity index (χ1n) is 6.36. The summed E-state index contributed by atoms with van der Waals surface area (Å²) in [7, 11) is -3.21. The number of hydrogen-bond acceptors (Lipinski definition) is 3. The lowest BCUT2D eigenvalue weighted by molar-refractivity contribution is 0.141. The molecular weight excluding hydrogens is 248 g/mol. The molecule has 0 bridgehead atoms. The molecule has 0 aromatic heterocycles. The summed E-state index contributed by atoms with van der Waals surface area (Å²) in [6.45, 7) is 4.21. The molecule has 1 atom stereocenters. The van der Waals surface area contributed by atoms with Crippen LogP contribution in [0, 0.1) is 5.92 Å². The van der Waals surface area contributed by atoms with Gasteiger partial charge in [-0.1, -0.05) is 38.8 Å². The van der Waals surface area contributed by atoms with Gasteiger partial charge in [-0.3, -0.25) is 0 Å². The zero-order chi connectivity index (χ0) is 13.8. The number of rotatable bonds is 6. The normalized spacial score (nSPS) is 13.8. The van der Waals surface area contributed by atoms with Crippen LogP contribution in [0.5, 0.6) is 0 Å². The lowest BCUT2D eigenvalue weighted by Gasteiger charge is -2.18. The number of benzene rings is 1. The molecule has 102 valence electrons. The van der Waals surface area contributed by atoms with Crippen molar-refractivity contribution in [2.75, 3.05) is 6.26 Å². The van der Waals surface area contributed by atoms with Gasteiger partial charge < -0.3 is 5.11 Å². The zero-order valence-corrected chi connectivity index (χ0v) is 12.1. The number of hydrogen-bond donors (Lipinski definition) is 1. The van der Waals surface area contributed by atoms with Gasteiger partial charge in [-0.15, -0.1) is 0 Å². The SMILES string of the molecule is CCC(CC)CC(O)c1cccc(S(C)(=O)=O)c1. The van der Waals surface area contributed by atoms with Crippen molar-refractivity contribution >= 4 is 9.84 Å². The number of sulfone groups is 1. The van der Waals surface area contributed by atoms with Gasteiger partial charge in [0, 0.05) is 6.26 Å². The molecule has 0 aliphatic rings. The second kappa shape index (κ2) is 6.34. The van der Waals surface area contributed by atoms with Crippen LogP contribution >= 0.6 is 0 Å². The molecule has 18 heavy (non-hydrogen) atoms. The molecule has 4 heteroatoms. The van der Waals surface area contributed by atoms with E-state index in [2.05, 4.69) is 13.8 Å². The highest BCUT2D eigenvalue weighted by Crippen LogP contribution is 2.26. The third-order valence-corrected chi connectivity index (χ3v) is 4.49. The Morgan fingerprint density at radius 1 is 1.22 bits per heavy atom. The van der Waals surface area contributed by atoms with E-state index < -0.39 is 15.9 Å². The molecule has 0 heterocycles. The van der Waals surface area contributed by atoms with Gasteiger partial charge in [0.1, 0.15) is 0 Å². The van der Waals surface area contributed by atoms with Crippen molar-refractivity contribution in [2.45, 2.75) is 44.1 Å². The second-order valence-electron chi connectivity index (χ2n) is 4.78. The molecule has 0 fully saturated rings. The number of aliphatic hydroxyl groups excluding tert-OH is 1. The summed E-state index contributed by atoms with van der Waals surface area (Å²) in [6.07, 6.45) is 3.33. The predicted octanol–water partition coefficient (Wildman–Crippen LogP) is 2.95. The van der Waals surface area contributed by atoms with Gasteiger partial charge in [-0.2, -0.15) is 0 Å². The first-order valence-corrected chi connectivity index (χ1v) is 8.25. The first kappa shape index (κ1) is 15.2. The van der Waals surface area contributed by atoms with Crippen molar-refractivity contribution in [3.63, 3.8) is 0 Å². The maximum absolute atomic E-state index is 11.5. The van der Waals surface area contributed by atoms with Crippen molar-refractivity contribution in [3.05, 3.63) is 29.8 Å². The quantitative estimate of drug-likeness (QED) is 0.864. The van der Waals surface area contributed by atoms with Crippen molar-refractivity contribution in [3.8, 4) is 0 Å². The van der Waals surface area contributed by atoms with E-state index in [1.165, 1.54) is 6.26 Å². The largest absolute Gasteiger partial charge is 0.388 e. The highest BCUT2D eigenvalue weighted by Gasteiger charge is 2.15. The molecule has 1 unspecified atom stereocenters. The fourth-order valence-electron chi connectivity index (χ4n) is 2.03. The Balaban J connectivity index is 2.90. The summed E-state index contributed by atoms with van der Waals surface area (Å²) in [5, 5.41) is 10.1. The fourth-order valence-corrected chi connectivity index (χ4v) is 2.70. The van der Waals surface area contributed by atoms with Gasteiger partial charge in [-0.25, -0.2) is 8.42 Å². The molecule has 0 spiro atoms. The fraction of sp³-hybridized carbons (Fsp3) is 0.571. The molecule has 0 radical (unpaired) electrons. The smallest absolute Gasteiger partial charge is 0.175 e. The average Bonchev–Trinajstić information content (AvgIpc) is 2.34. The topological polar surface area (TPSA) is 54.4 Å². The van der Waals surface area contributed by atoms with E-state index in [4.69, 9.17) is 0 Å². The van der Waals surface area contributed by atoms with Gasteiger partial charge in [0.2, 0.25) is 0 Å². The summed E-state index contributed by atoms with van der Waals surface area (Å²) in [5.41, 5.74) is 0.685. The number of aliphatic hydroxyl groups is 1. The van der Waals surface area contributed by atoms with Crippen molar-refractivity contribution in [1.29, 1.82) is 0 Å². The van der Waals surface area contributed by atoms with E-state index in [-0.39, 0.29) is 4.90 Å². The molecule has 1 aromatic carbocycles. The summed E-state index contributed by atoms with van der Waals surface area (Å²) >= 11 is 0. The highest BCUT2D eigenvalue weighted by atomic mass is 32.2. The third kappa shape index (κ3) is 4.10. The molecule has 0 aliphatic heterocycles. The molecule has 1 N–H and O–H groups in total. The van der Waals surface area contributed by atoms with Gasteiger partial charge in [0.15, 0.2) is 9.84 Å². The van der Waals surface area contributed by atoms with E-state index in [0.29, 0.717) is 17.9 Å². The highest BCUT2D eigenvalue weighted by molar-refractivity contribution is 7.90. The maximum Gasteiger partial charge on any atom is 0.175 e. The van der Waals surface area contributed by atoms with E-state index in [9.17, 15) is 13.5 Å². The molecule has 1 rings (SSSR count). The van der Waals surface area contributed by atoms with Gasteiger partial charge >= 0.3 is 0 Å². The summed E-state index contributed by atoms with van der Waals surface area (Å²) < 4.78 is 22.9. The van der Waals surface area contributed by atoms with Crippen molar-refractivity contribution in [1.82, 2.24) is 0 Å². The van der Waals surface area contributed by atoms with E-state index in [1.807, 2.05) is 0 Å². The van der Waals surface area contributed by atoms with Crippen LogP contribution in [0.3, 0.4) is 0 Å². The third-order valence-electron chi connectivity index (χ3n) is 3.38. The monoisotopic (exact) mass is 270 g/mol. The Kier molecular flexibility index (Phi) is 5.35. The minimum atomic E-state index is -3.21. The minimum absolute atomic E-state index is 0.267. The van der Waals surface area contributed by atoms with Crippen molar-refractivity contribution in [2.24, 2.45) is 5.92 Å². The van der Waals surface area contributed by atoms with Crippen LogP contribution in [0.2, 0.25) is 0 Å². The Labute approximate surface area is 110 Å². The van der Waals surface area contributed by atoms with Gasteiger partial charge in [-0.05, 0) is 30.0 Å². The Morgan fingerprint density at radius 3 is 2.33 bits per heavy atom. The summed E-state index contributed by atoms with van der Waals surface area (Å²) in [5.74, 6) is 0.474. The Bertz CT molecular complexity index is 476. The maximum atomic E-state index is 11.5. The molecule has 3 nitrogen and oxygen atoms in total. The molecular formula is C14H22O3S. The van der Waals surface area contributed by atoms with Gasteiger partial charge in [0.05, 0.1) is 11.0 Å². The standard InChI is InChI=1S/C14H22O3S/c1-4-11(5-2)9-14(15)12-7-6-8-13(10-12)18(3,16)17/h6-8,10-11,14-15H,4-5,9H2,1-3H3. The Hall–Kier alpha value is -0.870. The predicted molar refractivity (Wildman–Crippen MR) is 73.2 cm³/mol. The van der Waals surface area contributed by atoms with Crippen LogP contribution in [0.15, 0.2) is 29.2 Å². The van der Waals surface area contributed by atoms with E-state index >= 15 is 0 Å². The average molecular weight is 270 g/mol. The van der Waals surface area contributed by atoms with Crippen LogP contribution < -0.4 is 0 Å². The van der Waals surface area contributed by atoms with Crippen LogP contribution in [0.4, 0.5) is 0 Å². The van der Waals surface area contributed by atoms with Crippen LogP contribution in [-0.4, -0.2) is 19.8 Å². The Morgan fingerprint density at radius 2 is 1.83 bits per heavy atom. The zero-order valence-electron chi connectivity index (χ0n) is 11.3. The molecule has 0 saturated carbocycles. The first-order chi connectivity index (χ1) is 8.38. The van der Waals surface area contributed by atoms with E-state index in [1.54, 1.807) is 24.3 Å². The minimum Gasteiger partial charge on any atom is -0.388 e. The lowest BCUT2D eigenvalue weighted by atomic mass is 9.93. The molecule has 0 amide bonds. The van der Waals surface area contributed by atoms with E-state index in [0.717, 1.165) is 12.8 Å². The molecule has 1 aromatic rings. The molecule has 0 saturated heterocycles. The van der Waals surface area contributed by atoms with Crippen LogP contribution in [-0.2, 0) is 9.84 Å². The summed E-state index contributed by atoms with van der Waals surface area (Å²) in [4.78, 5) is 0.267. The van der Waals surface area contributed by atoms with Crippen LogP contribution in [0.1, 0.15) is 44.8 Å². The van der Waals surface area contributed by atoms with Crippen LogP contribution in [0.25, 0.3) is 0 Å².